The molecule has 2 fully saturated rings. The van der Waals surface area contributed by atoms with Crippen molar-refractivity contribution in [1.29, 1.82) is 0 Å². The lowest BCUT2D eigenvalue weighted by atomic mass is 9.99. The Morgan fingerprint density at radius 1 is 1.26 bits per heavy atom. The van der Waals surface area contributed by atoms with Crippen LogP contribution < -0.4 is 4.74 Å². The molecule has 2 saturated heterocycles. The van der Waals surface area contributed by atoms with Gasteiger partial charge in [0, 0.05) is 13.1 Å². The molecule has 0 spiro atoms. The van der Waals surface area contributed by atoms with Crippen LogP contribution in [0.3, 0.4) is 0 Å². The first kappa shape index (κ1) is 20.0. The second-order valence-corrected chi connectivity index (χ2v) is 8.39. The largest absolute Gasteiger partial charge is 0.497 e. The summed E-state index contributed by atoms with van der Waals surface area (Å²) < 4.78 is 10.6. The summed E-state index contributed by atoms with van der Waals surface area (Å²) in [4.78, 5) is 29.7. The van der Waals surface area contributed by atoms with Crippen molar-refractivity contribution < 1.29 is 19.1 Å². The molecule has 0 aromatic heterocycles. The summed E-state index contributed by atoms with van der Waals surface area (Å²) in [5.41, 5.74) is 1.02. The quantitative estimate of drug-likeness (QED) is 0.745. The van der Waals surface area contributed by atoms with Crippen molar-refractivity contribution in [3.05, 3.63) is 29.8 Å². The van der Waals surface area contributed by atoms with Gasteiger partial charge in [0.15, 0.2) is 0 Å². The number of nitrogens with zero attached hydrogens (tertiary/aromatic N) is 2. The van der Waals surface area contributed by atoms with Gasteiger partial charge in [0.2, 0.25) is 11.8 Å². The van der Waals surface area contributed by atoms with E-state index in [1.54, 1.807) is 18.9 Å². The van der Waals surface area contributed by atoms with Gasteiger partial charge in [-0.2, -0.15) is 0 Å². The van der Waals surface area contributed by atoms with E-state index in [9.17, 15) is 9.59 Å². The molecule has 1 aromatic rings. The number of morpholine rings is 1. The standard InChI is InChI=1S/C20H28N2O4S/c1-14(2)12-17(19(24)21-8-10-26-11-9-21)22-18(23)13-27-20(22)15-4-6-16(25-3)7-5-15/h4-7,14,17,20H,8-13H2,1-3H3/t17-,20-/m1/s1. The molecule has 2 amide bonds. The smallest absolute Gasteiger partial charge is 0.245 e. The van der Waals surface area contributed by atoms with Gasteiger partial charge in [-0.25, -0.2) is 0 Å². The highest BCUT2D eigenvalue weighted by atomic mass is 32.2. The second-order valence-electron chi connectivity index (χ2n) is 7.32. The fraction of sp³-hybridized carbons (Fsp3) is 0.600. The molecule has 2 atom stereocenters. The van der Waals surface area contributed by atoms with Crippen LogP contribution in [-0.4, -0.2) is 66.8 Å². The third kappa shape index (κ3) is 4.58. The first-order valence-electron chi connectivity index (χ1n) is 9.44. The van der Waals surface area contributed by atoms with E-state index in [1.807, 2.05) is 34.1 Å². The van der Waals surface area contributed by atoms with E-state index in [2.05, 4.69) is 13.8 Å². The molecule has 0 bridgehead atoms. The normalized spacial score (nSPS) is 21.6. The number of carbonyl (C=O) groups excluding carboxylic acids is 2. The fourth-order valence-corrected chi connectivity index (χ4v) is 4.80. The van der Waals surface area contributed by atoms with Gasteiger partial charge in [-0.15, -0.1) is 11.8 Å². The Morgan fingerprint density at radius 2 is 1.93 bits per heavy atom. The zero-order valence-corrected chi connectivity index (χ0v) is 17.0. The second kappa shape index (κ2) is 8.97. The average molecular weight is 393 g/mol. The van der Waals surface area contributed by atoms with Crippen molar-refractivity contribution in [3.63, 3.8) is 0 Å². The minimum Gasteiger partial charge on any atom is -0.497 e. The molecule has 0 N–H and O–H groups in total. The summed E-state index contributed by atoms with van der Waals surface area (Å²) in [6, 6.07) is 7.33. The Morgan fingerprint density at radius 3 is 2.52 bits per heavy atom. The van der Waals surface area contributed by atoms with Crippen LogP contribution >= 0.6 is 11.8 Å². The van der Waals surface area contributed by atoms with Crippen LogP contribution in [0.5, 0.6) is 5.75 Å². The third-order valence-corrected chi connectivity index (χ3v) is 6.17. The first-order valence-corrected chi connectivity index (χ1v) is 10.5. The van der Waals surface area contributed by atoms with Crippen molar-refractivity contribution in [2.45, 2.75) is 31.7 Å². The number of carbonyl (C=O) groups is 2. The highest BCUT2D eigenvalue weighted by Crippen LogP contribution is 2.41. The Hall–Kier alpha value is -1.73. The molecule has 1 aromatic carbocycles. The number of amides is 2. The predicted octanol–water partition coefficient (Wildman–Crippen LogP) is 2.54. The molecule has 6 nitrogen and oxygen atoms in total. The van der Waals surface area contributed by atoms with Crippen molar-refractivity contribution in [2.24, 2.45) is 5.92 Å². The Labute approximate surface area is 165 Å². The molecular weight excluding hydrogens is 364 g/mol. The number of benzene rings is 1. The van der Waals surface area contributed by atoms with Crippen LogP contribution in [0.25, 0.3) is 0 Å². The maximum absolute atomic E-state index is 13.3. The summed E-state index contributed by atoms with van der Waals surface area (Å²) in [6.07, 6.45) is 0.662. The van der Waals surface area contributed by atoms with Gasteiger partial charge in [-0.3, -0.25) is 9.59 Å². The van der Waals surface area contributed by atoms with Crippen molar-refractivity contribution >= 4 is 23.6 Å². The van der Waals surface area contributed by atoms with Gasteiger partial charge in [0.1, 0.15) is 17.2 Å². The molecule has 27 heavy (non-hydrogen) atoms. The van der Waals surface area contributed by atoms with Gasteiger partial charge in [0.05, 0.1) is 26.1 Å². The number of methoxy groups -OCH3 is 1. The monoisotopic (exact) mass is 392 g/mol. The summed E-state index contributed by atoms with van der Waals surface area (Å²) in [7, 11) is 1.63. The zero-order valence-electron chi connectivity index (χ0n) is 16.2. The number of hydrogen-bond donors (Lipinski definition) is 0. The number of rotatable bonds is 6. The maximum Gasteiger partial charge on any atom is 0.245 e. The molecule has 3 rings (SSSR count). The Bertz CT molecular complexity index is 658. The molecular formula is C20H28N2O4S. The fourth-order valence-electron chi connectivity index (χ4n) is 3.57. The molecule has 148 valence electrons. The summed E-state index contributed by atoms with van der Waals surface area (Å²) in [5, 5.41) is -0.142. The topological polar surface area (TPSA) is 59.1 Å². The molecule has 7 heteroatoms. The lowest BCUT2D eigenvalue weighted by molar-refractivity contribution is -0.148. The summed E-state index contributed by atoms with van der Waals surface area (Å²) >= 11 is 1.58. The van der Waals surface area contributed by atoms with E-state index < -0.39 is 6.04 Å². The van der Waals surface area contributed by atoms with Crippen LogP contribution in [-0.2, 0) is 14.3 Å². The molecule has 2 aliphatic heterocycles. The van der Waals surface area contributed by atoms with E-state index in [0.717, 1.165) is 11.3 Å². The summed E-state index contributed by atoms with van der Waals surface area (Å²) in [5.74, 6) is 1.58. The number of ether oxygens (including phenoxy) is 2. The van der Waals surface area contributed by atoms with Crippen LogP contribution in [0, 0.1) is 5.92 Å². The van der Waals surface area contributed by atoms with E-state index in [4.69, 9.17) is 9.47 Å². The SMILES string of the molecule is COc1ccc([C@H]2SCC(=O)N2[C@H](CC(C)C)C(=O)N2CCOCC2)cc1. The van der Waals surface area contributed by atoms with Gasteiger partial charge < -0.3 is 19.3 Å². The minimum atomic E-state index is -0.433. The van der Waals surface area contributed by atoms with Crippen LogP contribution in [0.1, 0.15) is 31.2 Å². The van der Waals surface area contributed by atoms with E-state index in [1.165, 1.54) is 0 Å². The molecule has 0 unspecified atom stereocenters. The molecule has 2 heterocycles. The van der Waals surface area contributed by atoms with E-state index >= 15 is 0 Å². The molecule has 0 saturated carbocycles. The van der Waals surface area contributed by atoms with Gasteiger partial charge in [0.25, 0.3) is 0 Å². The van der Waals surface area contributed by atoms with Gasteiger partial charge in [-0.05, 0) is 30.0 Å². The molecule has 2 aliphatic rings. The van der Waals surface area contributed by atoms with Gasteiger partial charge >= 0.3 is 0 Å². The van der Waals surface area contributed by atoms with Crippen LogP contribution in [0.2, 0.25) is 0 Å². The van der Waals surface area contributed by atoms with Crippen LogP contribution in [0.4, 0.5) is 0 Å². The van der Waals surface area contributed by atoms with Crippen LogP contribution in [0.15, 0.2) is 24.3 Å². The number of thioether (sulfide) groups is 1. The maximum atomic E-state index is 13.3. The lowest BCUT2D eigenvalue weighted by Gasteiger charge is -2.37. The van der Waals surface area contributed by atoms with Crippen molar-refractivity contribution in [1.82, 2.24) is 9.80 Å². The van der Waals surface area contributed by atoms with Crippen molar-refractivity contribution in [2.75, 3.05) is 39.2 Å². The highest BCUT2D eigenvalue weighted by molar-refractivity contribution is 8.00. The highest BCUT2D eigenvalue weighted by Gasteiger charge is 2.42. The Balaban J connectivity index is 1.87. The third-order valence-electron chi connectivity index (χ3n) is 4.94. The predicted molar refractivity (Wildman–Crippen MR) is 106 cm³/mol. The molecule has 0 radical (unpaired) electrons. The average Bonchev–Trinajstić information content (AvgIpc) is 3.07. The lowest BCUT2D eigenvalue weighted by Crippen LogP contribution is -2.53. The van der Waals surface area contributed by atoms with E-state index in [-0.39, 0.29) is 17.2 Å². The van der Waals surface area contributed by atoms with Gasteiger partial charge in [-0.1, -0.05) is 26.0 Å². The summed E-state index contributed by atoms with van der Waals surface area (Å²) in [6.45, 7) is 6.49. The van der Waals surface area contributed by atoms with Crippen molar-refractivity contribution in [3.8, 4) is 5.75 Å². The Kier molecular flexibility index (Phi) is 6.65. The minimum absolute atomic E-state index is 0.0353. The number of hydrogen-bond acceptors (Lipinski definition) is 5. The first-order chi connectivity index (χ1) is 13.0. The van der Waals surface area contributed by atoms with E-state index in [0.29, 0.717) is 44.4 Å². The zero-order chi connectivity index (χ0) is 19.4. The molecule has 0 aliphatic carbocycles.